The van der Waals surface area contributed by atoms with E-state index in [4.69, 9.17) is 4.74 Å². The van der Waals surface area contributed by atoms with E-state index in [1.807, 2.05) is 43.5 Å². The van der Waals surface area contributed by atoms with E-state index in [9.17, 15) is 4.79 Å². The summed E-state index contributed by atoms with van der Waals surface area (Å²) in [5.41, 5.74) is 1.69. The predicted molar refractivity (Wildman–Crippen MR) is 79.5 cm³/mol. The maximum atomic E-state index is 11.9. The zero-order chi connectivity index (χ0) is 14.7. The topological polar surface area (TPSA) is 68.2 Å². The van der Waals surface area contributed by atoms with E-state index in [2.05, 4.69) is 15.7 Å². The Labute approximate surface area is 123 Å². The molecule has 1 fully saturated rings. The number of rotatable bonds is 3. The van der Waals surface area contributed by atoms with Gasteiger partial charge in [-0.05, 0) is 43.7 Å². The Balaban J connectivity index is 1.58. The van der Waals surface area contributed by atoms with Crippen LogP contribution in [0.5, 0.6) is 0 Å². The van der Waals surface area contributed by atoms with Crippen molar-refractivity contribution in [3.8, 4) is 5.69 Å². The number of hydrogen-bond donors (Lipinski definition) is 2. The summed E-state index contributed by atoms with van der Waals surface area (Å²) in [4.78, 5) is 11.9. The first-order chi connectivity index (χ1) is 10.2. The van der Waals surface area contributed by atoms with Crippen LogP contribution >= 0.6 is 0 Å². The number of carbonyl (C=O) groups is 1. The van der Waals surface area contributed by atoms with Gasteiger partial charge in [-0.3, -0.25) is 0 Å². The molecule has 1 aliphatic rings. The lowest BCUT2D eigenvalue weighted by molar-refractivity contribution is 0.114. The molecule has 0 aliphatic carbocycles. The van der Waals surface area contributed by atoms with Crippen LogP contribution in [0.15, 0.2) is 42.7 Å². The van der Waals surface area contributed by atoms with Crippen LogP contribution in [0.2, 0.25) is 0 Å². The Morgan fingerprint density at radius 3 is 2.81 bits per heavy atom. The molecule has 6 nitrogen and oxygen atoms in total. The Morgan fingerprint density at radius 2 is 2.19 bits per heavy atom. The van der Waals surface area contributed by atoms with Gasteiger partial charge < -0.3 is 15.4 Å². The molecule has 1 saturated heterocycles. The van der Waals surface area contributed by atoms with Crippen molar-refractivity contribution < 1.29 is 9.53 Å². The van der Waals surface area contributed by atoms with E-state index in [0.717, 1.165) is 17.8 Å². The molecule has 0 radical (unpaired) electrons. The molecule has 1 aliphatic heterocycles. The van der Waals surface area contributed by atoms with Gasteiger partial charge in [-0.1, -0.05) is 0 Å². The summed E-state index contributed by atoms with van der Waals surface area (Å²) < 4.78 is 7.19. The van der Waals surface area contributed by atoms with Crippen molar-refractivity contribution in [2.75, 3.05) is 11.9 Å². The minimum atomic E-state index is -0.204. The lowest BCUT2D eigenvalue weighted by Crippen LogP contribution is -2.41. The van der Waals surface area contributed by atoms with E-state index in [1.165, 1.54) is 0 Å². The van der Waals surface area contributed by atoms with Crippen molar-refractivity contribution in [3.05, 3.63) is 42.7 Å². The van der Waals surface area contributed by atoms with Crippen molar-refractivity contribution in [1.82, 2.24) is 15.1 Å². The van der Waals surface area contributed by atoms with Crippen LogP contribution in [0.1, 0.15) is 13.3 Å². The SMILES string of the molecule is C[C@H]1OCC[C@@H]1NC(=O)Nc1ccc(-n2cccn2)cc1. The van der Waals surface area contributed by atoms with Crippen molar-refractivity contribution in [1.29, 1.82) is 0 Å². The minimum absolute atomic E-state index is 0.0675. The monoisotopic (exact) mass is 286 g/mol. The fourth-order valence-electron chi connectivity index (χ4n) is 2.38. The van der Waals surface area contributed by atoms with Gasteiger partial charge in [0.15, 0.2) is 0 Å². The molecule has 0 bridgehead atoms. The van der Waals surface area contributed by atoms with Crippen LogP contribution in [0.3, 0.4) is 0 Å². The number of amides is 2. The number of carbonyl (C=O) groups excluding carboxylic acids is 1. The van der Waals surface area contributed by atoms with Gasteiger partial charge in [-0.25, -0.2) is 9.48 Å². The third-order valence-electron chi connectivity index (χ3n) is 3.59. The smallest absolute Gasteiger partial charge is 0.319 e. The van der Waals surface area contributed by atoms with Crippen LogP contribution < -0.4 is 10.6 Å². The van der Waals surface area contributed by atoms with Crippen molar-refractivity contribution >= 4 is 11.7 Å². The molecule has 3 rings (SSSR count). The van der Waals surface area contributed by atoms with Gasteiger partial charge in [-0.2, -0.15) is 5.10 Å². The summed E-state index contributed by atoms with van der Waals surface area (Å²) in [6, 6.07) is 9.26. The summed E-state index contributed by atoms with van der Waals surface area (Å²) in [7, 11) is 0. The molecule has 0 unspecified atom stereocenters. The molecule has 1 aromatic carbocycles. The molecule has 6 heteroatoms. The first-order valence-electron chi connectivity index (χ1n) is 7.01. The highest BCUT2D eigenvalue weighted by molar-refractivity contribution is 5.89. The third kappa shape index (κ3) is 3.22. The highest BCUT2D eigenvalue weighted by Gasteiger charge is 2.25. The number of urea groups is 1. The molecule has 1 aromatic heterocycles. The van der Waals surface area contributed by atoms with Gasteiger partial charge in [0.25, 0.3) is 0 Å². The Morgan fingerprint density at radius 1 is 1.38 bits per heavy atom. The number of anilines is 1. The van der Waals surface area contributed by atoms with Gasteiger partial charge in [0.1, 0.15) is 0 Å². The van der Waals surface area contributed by atoms with Gasteiger partial charge >= 0.3 is 6.03 Å². The maximum Gasteiger partial charge on any atom is 0.319 e. The van der Waals surface area contributed by atoms with E-state index in [0.29, 0.717) is 6.61 Å². The number of aromatic nitrogens is 2. The van der Waals surface area contributed by atoms with E-state index < -0.39 is 0 Å². The fraction of sp³-hybridized carbons (Fsp3) is 0.333. The Hall–Kier alpha value is -2.34. The number of nitrogens with one attached hydrogen (secondary N) is 2. The van der Waals surface area contributed by atoms with E-state index >= 15 is 0 Å². The number of nitrogens with zero attached hydrogens (tertiary/aromatic N) is 2. The molecule has 21 heavy (non-hydrogen) atoms. The average molecular weight is 286 g/mol. The first kappa shape index (κ1) is 13.6. The minimum Gasteiger partial charge on any atom is -0.376 e. The zero-order valence-electron chi connectivity index (χ0n) is 11.8. The van der Waals surface area contributed by atoms with Crippen LogP contribution in [0, 0.1) is 0 Å². The molecular formula is C15H18N4O2. The largest absolute Gasteiger partial charge is 0.376 e. The maximum absolute atomic E-state index is 11.9. The van der Waals surface area contributed by atoms with Gasteiger partial charge in [0.2, 0.25) is 0 Å². The second kappa shape index (κ2) is 5.97. The second-order valence-corrected chi connectivity index (χ2v) is 5.07. The van der Waals surface area contributed by atoms with Crippen molar-refractivity contribution in [2.45, 2.75) is 25.5 Å². The normalized spacial score (nSPS) is 21.2. The fourth-order valence-corrected chi connectivity index (χ4v) is 2.38. The number of hydrogen-bond acceptors (Lipinski definition) is 3. The first-order valence-corrected chi connectivity index (χ1v) is 7.01. The number of benzene rings is 1. The summed E-state index contributed by atoms with van der Waals surface area (Å²) >= 11 is 0. The van der Waals surface area contributed by atoms with Gasteiger partial charge in [0, 0.05) is 24.7 Å². The second-order valence-electron chi connectivity index (χ2n) is 5.07. The molecule has 2 N–H and O–H groups in total. The van der Waals surface area contributed by atoms with Crippen LogP contribution in [-0.4, -0.2) is 34.6 Å². The van der Waals surface area contributed by atoms with Gasteiger partial charge in [-0.15, -0.1) is 0 Å². The molecule has 110 valence electrons. The van der Waals surface area contributed by atoms with Crippen LogP contribution in [0.25, 0.3) is 5.69 Å². The lowest BCUT2D eigenvalue weighted by Gasteiger charge is -2.16. The molecule has 2 heterocycles. The van der Waals surface area contributed by atoms with E-state index in [1.54, 1.807) is 10.9 Å². The summed E-state index contributed by atoms with van der Waals surface area (Å²) in [5.74, 6) is 0. The molecule has 0 saturated carbocycles. The van der Waals surface area contributed by atoms with Crippen molar-refractivity contribution in [3.63, 3.8) is 0 Å². The molecule has 0 spiro atoms. The number of ether oxygens (including phenoxy) is 1. The highest BCUT2D eigenvalue weighted by Crippen LogP contribution is 2.14. The Bertz CT molecular complexity index is 595. The summed E-state index contributed by atoms with van der Waals surface area (Å²) in [5, 5.41) is 9.91. The predicted octanol–water partition coefficient (Wildman–Crippen LogP) is 2.17. The molecular weight excluding hydrogens is 268 g/mol. The molecule has 2 amide bonds. The molecule has 2 aromatic rings. The standard InChI is InChI=1S/C15H18N4O2/c1-11-14(7-10-21-11)18-15(20)17-12-3-5-13(6-4-12)19-9-2-8-16-19/h2-6,8-9,11,14H,7,10H2,1H3,(H2,17,18,20)/t11-,14+/m1/s1. The third-order valence-corrected chi connectivity index (χ3v) is 3.59. The zero-order valence-corrected chi connectivity index (χ0v) is 11.8. The quantitative estimate of drug-likeness (QED) is 0.908. The highest BCUT2D eigenvalue weighted by atomic mass is 16.5. The summed E-state index contributed by atoms with van der Waals surface area (Å²) in [6.07, 6.45) is 4.52. The van der Waals surface area contributed by atoms with E-state index in [-0.39, 0.29) is 18.2 Å². The van der Waals surface area contributed by atoms with Gasteiger partial charge in [0.05, 0.1) is 17.8 Å². The van der Waals surface area contributed by atoms with Crippen LogP contribution in [0.4, 0.5) is 10.5 Å². The van der Waals surface area contributed by atoms with Crippen molar-refractivity contribution in [2.24, 2.45) is 0 Å². The molecule has 2 atom stereocenters. The summed E-state index contributed by atoms with van der Waals surface area (Å²) in [6.45, 7) is 2.67. The van der Waals surface area contributed by atoms with Crippen LogP contribution in [-0.2, 0) is 4.74 Å². The average Bonchev–Trinajstić information content (AvgIpc) is 3.12. The lowest BCUT2D eigenvalue weighted by atomic mass is 10.2. The Kier molecular flexibility index (Phi) is 3.87.